The Morgan fingerprint density at radius 1 is 1.05 bits per heavy atom. The Bertz CT molecular complexity index is 975. The van der Waals surface area contributed by atoms with Crippen molar-refractivity contribution in [2.75, 3.05) is 5.73 Å². The molecule has 0 saturated heterocycles. The lowest BCUT2D eigenvalue weighted by Gasteiger charge is -2.08. The number of aromatic nitrogens is 3. The summed E-state index contributed by atoms with van der Waals surface area (Å²) < 4.78 is 3.08. The molecule has 0 saturated carbocycles. The minimum atomic E-state index is 0.440. The van der Waals surface area contributed by atoms with Crippen molar-refractivity contribution in [1.29, 1.82) is 0 Å². The van der Waals surface area contributed by atoms with Crippen LogP contribution in [-0.2, 0) is 0 Å². The molecule has 0 aliphatic rings. The molecule has 0 unspecified atom stereocenters. The van der Waals surface area contributed by atoms with Crippen LogP contribution in [-0.4, -0.2) is 14.4 Å². The molecule has 0 amide bonds. The second-order valence-corrected chi connectivity index (χ2v) is 5.71. The van der Waals surface area contributed by atoms with Gasteiger partial charge in [-0.05, 0) is 24.3 Å². The molecule has 21 heavy (non-hydrogen) atoms. The summed E-state index contributed by atoms with van der Waals surface area (Å²) in [6.07, 6.45) is 1.83. The van der Waals surface area contributed by atoms with Gasteiger partial charge in [0.25, 0.3) is 0 Å². The molecular formula is C16H11BrN4. The van der Waals surface area contributed by atoms with Crippen LogP contribution in [0.3, 0.4) is 0 Å². The maximum atomic E-state index is 6.04. The number of fused-ring (bicyclic) bond motifs is 3. The van der Waals surface area contributed by atoms with E-state index in [0.29, 0.717) is 11.5 Å². The summed E-state index contributed by atoms with van der Waals surface area (Å²) in [6, 6.07) is 16.1. The third-order valence-corrected chi connectivity index (χ3v) is 3.97. The second-order valence-electron chi connectivity index (χ2n) is 4.80. The normalized spacial score (nSPS) is 11.3. The zero-order chi connectivity index (χ0) is 14.4. The van der Waals surface area contributed by atoms with Gasteiger partial charge in [0.1, 0.15) is 0 Å². The standard InChI is InChI=1S/C16H11BrN4/c17-11-5-3-4-10(8-11)14-9-19-16-15(18)20-12-6-1-2-7-13(12)21(14)16/h1-9H,(H2,18,20). The number of halogens is 1. The lowest BCUT2D eigenvalue weighted by Crippen LogP contribution is -1.99. The number of para-hydroxylation sites is 2. The van der Waals surface area contributed by atoms with Gasteiger partial charge in [0, 0.05) is 10.0 Å². The van der Waals surface area contributed by atoms with Crippen LogP contribution in [0.2, 0.25) is 0 Å². The molecule has 0 bridgehead atoms. The van der Waals surface area contributed by atoms with Gasteiger partial charge in [-0.2, -0.15) is 0 Å². The van der Waals surface area contributed by atoms with Crippen molar-refractivity contribution in [3.63, 3.8) is 0 Å². The maximum absolute atomic E-state index is 6.04. The Kier molecular flexibility index (Phi) is 2.68. The number of hydrogen-bond donors (Lipinski definition) is 1. The summed E-state index contributed by atoms with van der Waals surface area (Å²) in [4.78, 5) is 8.85. The molecule has 2 aromatic carbocycles. The van der Waals surface area contributed by atoms with Gasteiger partial charge in [-0.25, -0.2) is 9.97 Å². The van der Waals surface area contributed by atoms with Crippen molar-refractivity contribution >= 4 is 38.4 Å². The number of hydrogen-bond acceptors (Lipinski definition) is 3. The van der Waals surface area contributed by atoms with E-state index in [4.69, 9.17) is 5.73 Å². The highest BCUT2D eigenvalue weighted by molar-refractivity contribution is 9.10. The van der Waals surface area contributed by atoms with E-state index >= 15 is 0 Å². The average Bonchev–Trinajstić information content (AvgIpc) is 2.93. The van der Waals surface area contributed by atoms with E-state index in [0.717, 1.165) is 26.8 Å². The Labute approximate surface area is 129 Å². The highest BCUT2D eigenvalue weighted by atomic mass is 79.9. The quantitative estimate of drug-likeness (QED) is 0.572. The first-order valence-corrected chi connectivity index (χ1v) is 7.31. The van der Waals surface area contributed by atoms with Crippen LogP contribution in [0.15, 0.2) is 59.2 Å². The molecule has 5 heteroatoms. The van der Waals surface area contributed by atoms with Gasteiger partial charge in [0.2, 0.25) is 0 Å². The van der Waals surface area contributed by atoms with Crippen LogP contribution < -0.4 is 5.73 Å². The number of anilines is 1. The second kappa shape index (κ2) is 4.56. The van der Waals surface area contributed by atoms with E-state index in [2.05, 4.69) is 42.4 Å². The summed E-state index contributed by atoms with van der Waals surface area (Å²) in [5, 5.41) is 0. The first kappa shape index (κ1) is 12.3. The van der Waals surface area contributed by atoms with Crippen LogP contribution in [0.5, 0.6) is 0 Å². The third-order valence-electron chi connectivity index (χ3n) is 3.47. The third kappa shape index (κ3) is 1.89. The molecule has 0 atom stereocenters. The van der Waals surface area contributed by atoms with Gasteiger partial charge >= 0.3 is 0 Å². The first-order valence-electron chi connectivity index (χ1n) is 6.51. The largest absolute Gasteiger partial charge is 0.381 e. The number of nitrogens with two attached hydrogens (primary N) is 1. The fourth-order valence-corrected chi connectivity index (χ4v) is 2.95. The molecule has 2 aromatic heterocycles. The summed E-state index contributed by atoms with van der Waals surface area (Å²) in [7, 11) is 0. The van der Waals surface area contributed by atoms with Crippen LogP contribution in [0.4, 0.5) is 5.82 Å². The van der Waals surface area contributed by atoms with Crippen LogP contribution >= 0.6 is 15.9 Å². The lowest BCUT2D eigenvalue weighted by atomic mass is 10.1. The zero-order valence-electron chi connectivity index (χ0n) is 11.0. The lowest BCUT2D eigenvalue weighted by molar-refractivity contribution is 1.22. The Morgan fingerprint density at radius 2 is 1.90 bits per heavy atom. The Hall–Kier alpha value is -2.40. The molecule has 2 heterocycles. The number of benzene rings is 2. The maximum Gasteiger partial charge on any atom is 0.180 e. The summed E-state index contributed by atoms with van der Waals surface area (Å²) in [5.41, 5.74) is 10.6. The molecule has 0 spiro atoms. The molecule has 0 fully saturated rings. The SMILES string of the molecule is Nc1nc2ccccc2n2c(-c3cccc(Br)c3)cnc12. The van der Waals surface area contributed by atoms with Gasteiger partial charge in [-0.15, -0.1) is 0 Å². The van der Waals surface area contributed by atoms with Crippen molar-refractivity contribution < 1.29 is 0 Å². The van der Waals surface area contributed by atoms with Gasteiger partial charge in [-0.3, -0.25) is 4.40 Å². The van der Waals surface area contributed by atoms with Crippen LogP contribution in [0.25, 0.3) is 27.9 Å². The number of imidazole rings is 1. The molecule has 2 N–H and O–H groups in total. The Morgan fingerprint density at radius 3 is 2.76 bits per heavy atom. The van der Waals surface area contributed by atoms with Gasteiger partial charge in [-0.1, -0.05) is 40.2 Å². The summed E-state index contributed by atoms with van der Waals surface area (Å²) in [6.45, 7) is 0. The summed E-state index contributed by atoms with van der Waals surface area (Å²) in [5.74, 6) is 0.440. The van der Waals surface area contributed by atoms with Gasteiger partial charge < -0.3 is 5.73 Å². The van der Waals surface area contributed by atoms with E-state index in [1.807, 2.05) is 42.6 Å². The minimum Gasteiger partial charge on any atom is -0.381 e. The van der Waals surface area contributed by atoms with E-state index in [1.165, 1.54) is 0 Å². The minimum absolute atomic E-state index is 0.440. The fourth-order valence-electron chi connectivity index (χ4n) is 2.56. The predicted octanol–water partition coefficient (Wildman–Crippen LogP) is 3.89. The van der Waals surface area contributed by atoms with Crippen molar-refractivity contribution in [3.05, 3.63) is 59.2 Å². The smallest absolute Gasteiger partial charge is 0.180 e. The van der Waals surface area contributed by atoms with Gasteiger partial charge in [0.15, 0.2) is 11.5 Å². The molecular weight excluding hydrogens is 328 g/mol. The highest BCUT2D eigenvalue weighted by Crippen LogP contribution is 2.28. The topological polar surface area (TPSA) is 56.2 Å². The first-order chi connectivity index (χ1) is 10.2. The van der Waals surface area contributed by atoms with E-state index < -0.39 is 0 Å². The van der Waals surface area contributed by atoms with Crippen molar-refractivity contribution in [3.8, 4) is 11.3 Å². The summed E-state index contributed by atoms with van der Waals surface area (Å²) >= 11 is 3.51. The molecule has 0 radical (unpaired) electrons. The highest BCUT2D eigenvalue weighted by Gasteiger charge is 2.12. The average molecular weight is 339 g/mol. The van der Waals surface area contributed by atoms with Crippen molar-refractivity contribution in [2.24, 2.45) is 0 Å². The zero-order valence-corrected chi connectivity index (χ0v) is 12.6. The molecule has 4 aromatic rings. The molecule has 4 rings (SSSR count). The van der Waals surface area contributed by atoms with Crippen molar-refractivity contribution in [2.45, 2.75) is 0 Å². The van der Waals surface area contributed by atoms with E-state index in [1.54, 1.807) is 0 Å². The monoisotopic (exact) mass is 338 g/mol. The molecule has 0 aliphatic heterocycles. The fraction of sp³-hybridized carbons (Fsp3) is 0. The Balaban J connectivity index is 2.16. The molecule has 4 nitrogen and oxygen atoms in total. The van der Waals surface area contributed by atoms with Gasteiger partial charge in [0.05, 0.1) is 22.9 Å². The molecule has 102 valence electrons. The molecule has 0 aliphatic carbocycles. The number of rotatable bonds is 1. The number of nitrogen functional groups attached to an aromatic ring is 1. The van der Waals surface area contributed by atoms with Crippen LogP contribution in [0.1, 0.15) is 0 Å². The predicted molar refractivity (Wildman–Crippen MR) is 88.0 cm³/mol. The van der Waals surface area contributed by atoms with Crippen LogP contribution in [0, 0.1) is 0 Å². The van der Waals surface area contributed by atoms with Crippen molar-refractivity contribution in [1.82, 2.24) is 14.4 Å². The van der Waals surface area contributed by atoms with E-state index in [-0.39, 0.29) is 0 Å². The van der Waals surface area contributed by atoms with E-state index in [9.17, 15) is 0 Å². The number of nitrogens with zero attached hydrogens (tertiary/aromatic N) is 3.